The number of aromatic nitrogens is 2. The minimum atomic E-state index is -0.497. The molecule has 0 aliphatic carbocycles. The van der Waals surface area contributed by atoms with Crippen LogP contribution in [0.2, 0.25) is 0 Å². The number of nitro groups is 1. The molecule has 10 heteroatoms. The molecule has 154 valence electrons. The van der Waals surface area contributed by atoms with E-state index in [1.165, 1.54) is 24.6 Å². The van der Waals surface area contributed by atoms with E-state index in [9.17, 15) is 24.1 Å². The molecule has 2 heterocycles. The third-order valence-corrected chi connectivity index (χ3v) is 5.14. The quantitative estimate of drug-likeness (QED) is 0.430. The van der Waals surface area contributed by atoms with E-state index in [1.807, 2.05) is 4.90 Å². The lowest BCUT2D eigenvalue weighted by Gasteiger charge is -2.36. The first-order chi connectivity index (χ1) is 13.7. The largest absolute Gasteiger partial charge is 0.366 e. The highest BCUT2D eigenvalue weighted by atomic mass is 19.1. The molecule has 0 atom stereocenters. The van der Waals surface area contributed by atoms with Crippen LogP contribution in [0.15, 0.2) is 18.2 Å². The summed E-state index contributed by atoms with van der Waals surface area (Å²) < 4.78 is 15.7. The van der Waals surface area contributed by atoms with E-state index in [0.717, 1.165) is 0 Å². The number of halogens is 1. The summed E-state index contributed by atoms with van der Waals surface area (Å²) in [6.07, 6.45) is 0. The van der Waals surface area contributed by atoms with Gasteiger partial charge in [0.05, 0.1) is 10.6 Å². The summed E-state index contributed by atoms with van der Waals surface area (Å²) in [5, 5.41) is 15.2. The fourth-order valence-electron chi connectivity index (χ4n) is 3.51. The summed E-state index contributed by atoms with van der Waals surface area (Å²) in [6.45, 7) is 6.09. The molecule has 1 saturated heterocycles. The molecule has 1 aliphatic heterocycles. The number of hydrogen-bond donors (Lipinski definition) is 0. The zero-order valence-electron chi connectivity index (χ0n) is 16.5. The van der Waals surface area contributed by atoms with Crippen LogP contribution >= 0.6 is 0 Å². The summed E-state index contributed by atoms with van der Waals surface area (Å²) in [4.78, 5) is 38.0. The fraction of sp³-hybridized carbons (Fsp3) is 0.421. The van der Waals surface area contributed by atoms with Crippen LogP contribution < -0.4 is 4.90 Å². The highest BCUT2D eigenvalue weighted by Crippen LogP contribution is 2.24. The third kappa shape index (κ3) is 4.10. The smallest absolute Gasteiger partial charge is 0.312 e. The number of nitrogens with zero attached hydrogens (tertiary/aromatic N) is 5. The highest BCUT2D eigenvalue weighted by Gasteiger charge is 2.26. The Balaban J connectivity index is 1.64. The Kier molecular flexibility index (Phi) is 5.62. The molecule has 29 heavy (non-hydrogen) atoms. The summed E-state index contributed by atoms with van der Waals surface area (Å²) in [6, 6.07) is 4.40. The SMILES string of the molecule is CC(=O)c1ccc(N2CCN(C(=O)Cn3nc(C)c([N+](=O)[O-])c3C)CC2)c(F)c1. The molecule has 1 aromatic heterocycles. The molecular formula is C19H22FN5O4. The van der Waals surface area contributed by atoms with Gasteiger partial charge in [0.15, 0.2) is 5.78 Å². The van der Waals surface area contributed by atoms with Crippen molar-refractivity contribution in [3.63, 3.8) is 0 Å². The number of carbonyl (C=O) groups is 2. The second-order valence-electron chi connectivity index (χ2n) is 7.02. The van der Waals surface area contributed by atoms with Crippen molar-refractivity contribution in [1.82, 2.24) is 14.7 Å². The van der Waals surface area contributed by atoms with Gasteiger partial charge in [-0.1, -0.05) is 0 Å². The molecule has 0 saturated carbocycles. The van der Waals surface area contributed by atoms with E-state index in [2.05, 4.69) is 5.10 Å². The maximum absolute atomic E-state index is 14.3. The monoisotopic (exact) mass is 403 g/mol. The number of aryl methyl sites for hydroxylation is 1. The normalized spacial score (nSPS) is 14.2. The topological polar surface area (TPSA) is 102 Å². The number of rotatable bonds is 5. The third-order valence-electron chi connectivity index (χ3n) is 5.14. The molecule has 3 rings (SSSR count). The van der Waals surface area contributed by atoms with Gasteiger partial charge >= 0.3 is 5.69 Å². The summed E-state index contributed by atoms with van der Waals surface area (Å²) >= 11 is 0. The summed E-state index contributed by atoms with van der Waals surface area (Å²) in [7, 11) is 0. The van der Waals surface area contributed by atoms with Crippen molar-refractivity contribution in [3.8, 4) is 0 Å². The van der Waals surface area contributed by atoms with Gasteiger partial charge in [-0.15, -0.1) is 0 Å². The van der Waals surface area contributed by atoms with Gasteiger partial charge in [0.1, 0.15) is 23.7 Å². The van der Waals surface area contributed by atoms with Gasteiger partial charge in [-0.05, 0) is 39.0 Å². The standard InChI is InChI=1S/C19H22FN5O4/c1-12-19(25(28)29)13(2)24(21-12)11-18(27)23-8-6-22(7-9-23)17-5-4-15(14(3)26)10-16(17)20/h4-5,10H,6-9,11H2,1-3H3. The average molecular weight is 403 g/mol. The molecular weight excluding hydrogens is 381 g/mol. The van der Waals surface area contributed by atoms with Crippen molar-refractivity contribution in [2.45, 2.75) is 27.3 Å². The number of anilines is 1. The molecule has 1 amide bonds. The molecule has 9 nitrogen and oxygen atoms in total. The molecule has 0 unspecified atom stereocenters. The molecule has 1 fully saturated rings. The zero-order chi connectivity index (χ0) is 21.3. The lowest BCUT2D eigenvalue weighted by Crippen LogP contribution is -2.50. The Morgan fingerprint density at radius 1 is 1.21 bits per heavy atom. The summed E-state index contributed by atoms with van der Waals surface area (Å²) in [5.74, 6) is -0.861. The molecule has 1 aliphatic rings. The number of carbonyl (C=O) groups excluding carboxylic acids is 2. The van der Waals surface area contributed by atoms with Crippen LogP contribution in [0.25, 0.3) is 0 Å². The minimum Gasteiger partial charge on any atom is -0.366 e. The predicted octanol–water partition coefficient (Wildman–Crippen LogP) is 2.10. The Morgan fingerprint density at radius 2 is 1.86 bits per heavy atom. The van der Waals surface area contributed by atoms with Crippen LogP contribution in [0.4, 0.5) is 15.8 Å². The number of ketones is 1. The van der Waals surface area contributed by atoms with E-state index in [4.69, 9.17) is 0 Å². The number of Topliss-reactive ketones (excluding diaryl/α,β-unsaturated/α-hetero) is 1. The average Bonchev–Trinajstić information content (AvgIpc) is 2.95. The number of hydrogen-bond acceptors (Lipinski definition) is 6. The molecule has 2 aromatic rings. The van der Waals surface area contributed by atoms with Crippen LogP contribution in [0.1, 0.15) is 28.7 Å². The maximum Gasteiger partial charge on any atom is 0.312 e. The Hall–Kier alpha value is -3.30. The zero-order valence-corrected chi connectivity index (χ0v) is 16.5. The van der Waals surface area contributed by atoms with Gasteiger partial charge in [0.2, 0.25) is 5.91 Å². The van der Waals surface area contributed by atoms with Gasteiger partial charge in [-0.2, -0.15) is 5.10 Å². The highest BCUT2D eigenvalue weighted by molar-refractivity contribution is 5.94. The van der Waals surface area contributed by atoms with E-state index in [-0.39, 0.29) is 29.6 Å². The van der Waals surface area contributed by atoms with E-state index >= 15 is 0 Å². The number of amides is 1. The second-order valence-corrected chi connectivity index (χ2v) is 7.02. The fourth-order valence-corrected chi connectivity index (χ4v) is 3.51. The van der Waals surface area contributed by atoms with Crippen LogP contribution in [0, 0.1) is 29.8 Å². The lowest BCUT2D eigenvalue weighted by molar-refractivity contribution is -0.386. The van der Waals surface area contributed by atoms with Gasteiger partial charge in [0, 0.05) is 31.7 Å². The van der Waals surface area contributed by atoms with E-state index in [0.29, 0.717) is 43.1 Å². The molecule has 0 radical (unpaired) electrons. The van der Waals surface area contributed by atoms with Gasteiger partial charge < -0.3 is 9.80 Å². The Labute approximate surface area is 166 Å². The van der Waals surface area contributed by atoms with Crippen molar-refractivity contribution in [1.29, 1.82) is 0 Å². The van der Waals surface area contributed by atoms with Crippen molar-refractivity contribution in [2.24, 2.45) is 0 Å². The lowest BCUT2D eigenvalue weighted by atomic mass is 10.1. The van der Waals surface area contributed by atoms with Crippen LogP contribution in [-0.4, -0.2) is 57.5 Å². The Bertz CT molecular complexity index is 979. The van der Waals surface area contributed by atoms with E-state index < -0.39 is 10.7 Å². The van der Waals surface area contributed by atoms with Crippen LogP contribution in [0.5, 0.6) is 0 Å². The predicted molar refractivity (Wildman–Crippen MR) is 104 cm³/mol. The first kappa shape index (κ1) is 20.4. The van der Waals surface area contributed by atoms with Gasteiger partial charge in [0.25, 0.3) is 0 Å². The van der Waals surface area contributed by atoms with Crippen molar-refractivity contribution >= 4 is 23.1 Å². The second kappa shape index (κ2) is 7.98. The van der Waals surface area contributed by atoms with Gasteiger partial charge in [-0.3, -0.25) is 24.4 Å². The first-order valence-electron chi connectivity index (χ1n) is 9.20. The molecule has 0 N–H and O–H groups in total. The van der Waals surface area contributed by atoms with Crippen molar-refractivity contribution in [2.75, 3.05) is 31.1 Å². The van der Waals surface area contributed by atoms with Crippen LogP contribution in [0.3, 0.4) is 0 Å². The van der Waals surface area contributed by atoms with E-state index in [1.54, 1.807) is 24.0 Å². The maximum atomic E-state index is 14.3. The molecule has 0 bridgehead atoms. The molecule has 1 aromatic carbocycles. The van der Waals surface area contributed by atoms with Crippen molar-refractivity contribution < 1.29 is 18.9 Å². The number of benzene rings is 1. The van der Waals surface area contributed by atoms with Crippen LogP contribution in [-0.2, 0) is 11.3 Å². The van der Waals surface area contributed by atoms with Crippen molar-refractivity contribution in [3.05, 3.63) is 51.1 Å². The van der Waals surface area contributed by atoms with Gasteiger partial charge in [-0.25, -0.2) is 4.39 Å². The first-order valence-corrected chi connectivity index (χ1v) is 9.20. The summed E-state index contributed by atoms with van der Waals surface area (Å²) in [5.41, 5.74) is 1.25. The minimum absolute atomic E-state index is 0.0768. The number of piperazine rings is 1. The molecule has 0 spiro atoms. The Morgan fingerprint density at radius 3 is 2.38 bits per heavy atom.